The Balaban J connectivity index is 1.49. The number of nitrogens with zero attached hydrogens (tertiary/aromatic N) is 4. The van der Waals surface area contributed by atoms with Crippen LogP contribution in [-0.2, 0) is 0 Å². The molecule has 5 nitrogen and oxygen atoms in total. The maximum Gasteiger partial charge on any atom is 0.238 e. The zero-order valence-corrected chi connectivity index (χ0v) is 21.7. The van der Waals surface area contributed by atoms with E-state index in [-0.39, 0.29) is 0 Å². The fourth-order valence-electron chi connectivity index (χ4n) is 4.79. The molecule has 0 aliphatic carbocycles. The van der Waals surface area contributed by atoms with E-state index >= 15 is 0 Å². The molecule has 0 bridgehead atoms. The molecule has 0 N–H and O–H groups in total. The van der Waals surface area contributed by atoms with E-state index in [1.54, 1.807) is 0 Å². The average Bonchev–Trinajstić information content (AvgIpc) is 3.89. The van der Waals surface area contributed by atoms with Crippen LogP contribution in [0.4, 0.5) is 0 Å². The summed E-state index contributed by atoms with van der Waals surface area (Å²) in [6.07, 6.45) is 0. The molecule has 44 heavy (non-hydrogen) atoms. The lowest BCUT2D eigenvalue weighted by atomic mass is 9.99. The van der Waals surface area contributed by atoms with E-state index in [1.165, 1.54) is 0 Å². The topological polar surface area (TPSA) is 56.7 Å². The van der Waals surface area contributed by atoms with Gasteiger partial charge in [0, 0.05) is 32.7 Å². The van der Waals surface area contributed by atoms with Gasteiger partial charge in [-0.3, -0.25) is 4.57 Å². The van der Waals surface area contributed by atoms with Gasteiger partial charge in [-0.05, 0) is 41.3 Å². The van der Waals surface area contributed by atoms with Gasteiger partial charge < -0.3 is 4.42 Å². The Hall–Kier alpha value is -6.07. The molecule has 0 spiro atoms. The van der Waals surface area contributed by atoms with Gasteiger partial charge in [-0.25, -0.2) is 4.98 Å². The van der Waals surface area contributed by atoms with Crippen LogP contribution in [0.5, 0.6) is 0 Å². The van der Waals surface area contributed by atoms with E-state index in [1.807, 2.05) is 0 Å². The van der Waals surface area contributed by atoms with E-state index in [2.05, 4.69) is 15.0 Å². The summed E-state index contributed by atoms with van der Waals surface area (Å²) < 4.78 is 215. The molecule has 0 radical (unpaired) electrons. The molecule has 0 saturated heterocycles. The van der Waals surface area contributed by atoms with Gasteiger partial charge in [-0.2, -0.15) is 9.97 Å². The third-order valence-electron chi connectivity index (χ3n) is 6.63. The Morgan fingerprint density at radius 2 is 1.09 bits per heavy atom. The van der Waals surface area contributed by atoms with Crippen molar-refractivity contribution in [3.8, 4) is 39.9 Å². The van der Waals surface area contributed by atoms with Crippen LogP contribution in [0.3, 0.4) is 0 Å². The first-order valence-electron chi connectivity index (χ1n) is 24.7. The summed E-state index contributed by atoms with van der Waals surface area (Å²) in [7, 11) is 0. The van der Waals surface area contributed by atoms with E-state index < -0.39 is 229 Å². The van der Waals surface area contributed by atoms with Crippen molar-refractivity contribution in [2.75, 3.05) is 0 Å². The molecule has 9 rings (SSSR count). The number of hydrogen-bond acceptors (Lipinski definition) is 4. The fourth-order valence-corrected chi connectivity index (χ4v) is 4.79. The van der Waals surface area contributed by atoms with Crippen molar-refractivity contribution in [2.24, 2.45) is 0 Å². The van der Waals surface area contributed by atoms with Crippen LogP contribution in [-0.4, -0.2) is 19.5 Å². The summed E-state index contributed by atoms with van der Waals surface area (Å²) in [5.41, 5.74) is -4.87. The third kappa shape index (κ3) is 3.83. The van der Waals surface area contributed by atoms with Crippen LogP contribution >= 0.6 is 0 Å². The maximum absolute atomic E-state index is 9.49. The van der Waals surface area contributed by atoms with E-state index in [0.29, 0.717) is 0 Å². The van der Waals surface area contributed by atoms with Gasteiger partial charge >= 0.3 is 0 Å². The lowest BCUT2D eigenvalue weighted by molar-refractivity contribution is 0.669. The average molecular weight is 589 g/mol. The van der Waals surface area contributed by atoms with E-state index in [0.717, 1.165) is 4.57 Å². The first kappa shape index (κ1) is 10.6. The maximum atomic E-state index is 9.49. The standard InChI is InChI=1S/C39H24N4O/c1-3-12-25(13-4-1)28-18-11-21-34-36(28)31-23-22-27(24-35(31)44-34)38-40-37(26-14-5-2-6-15-26)41-39(42-38)43-32-19-9-7-16-29(32)30-17-8-10-20-33(30)43/h1-24H/i1D,2D,3D,4D,5D,6D,7D,8D,9D,10D,11D,12D,13D,14D,15D,16D,17D,18D,19D,20D,21D,22D,23D,24D. The zero-order valence-electron chi connectivity index (χ0n) is 45.7. The Labute approximate surface area is 286 Å². The highest BCUT2D eigenvalue weighted by Crippen LogP contribution is 2.38. The third-order valence-corrected chi connectivity index (χ3v) is 6.63. The van der Waals surface area contributed by atoms with Crippen LogP contribution in [0.2, 0.25) is 0 Å². The lowest BCUT2D eigenvalue weighted by Crippen LogP contribution is -2.06. The van der Waals surface area contributed by atoms with Gasteiger partial charge in [-0.1, -0.05) is 115 Å². The second kappa shape index (κ2) is 9.75. The predicted octanol–water partition coefficient (Wildman–Crippen LogP) is 9.87. The molecule has 0 fully saturated rings. The minimum atomic E-state index is -0.930. The highest BCUT2D eigenvalue weighted by Gasteiger charge is 2.19. The molecule has 206 valence electrons. The molecule has 0 unspecified atom stereocenters. The van der Waals surface area contributed by atoms with Crippen molar-refractivity contribution in [1.82, 2.24) is 19.5 Å². The Morgan fingerprint density at radius 1 is 0.477 bits per heavy atom. The number of hydrogen-bond donors (Lipinski definition) is 0. The van der Waals surface area contributed by atoms with E-state index in [9.17, 15) is 4.11 Å². The Bertz CT molecular complexity index is 3730. The number of benzene rings is 6. The summed E-state index contributed by atoms with van der Waals surface area (Å²) in [4.78, 5) is 13.1. The largest absolute Gasteiger partial charge is 0.456 e. The summed E-state index contributed by atoms with van der Waals surface area (Å²) in [6.45, 7) is 0. The smallest absolute Gasteiger partial charge is 0.238 e. The molecule has 0 aliphatic heterocycles. The zero-order chi connectivity index (χ0) is 49.9. The van der Waals surface area contributed by atoms with Crippen LogP contribution in [0, 0.1) is 0 Å². The van der Waals surface area contributed by atoms with Crippen LogP contribution < -0.4 is 0 Å². The van der Waals surface area contributed by atoms with Crippen molar-refractivity contribution in [1.29, 1.82) is 0 Å². The molecular formula is C39H24N4O. The van der Waals surface area contributed by atoms with Crippen molar-refractivity contribution >= 4 is 43.7 Å². The summed E-state index contributed by atoms with van der Waals surface area (Å²) in [5.74, 6) is -2.39. The second-order valence-corrected chi connectivity index (χ2v) is 9.08. The minimum Gasteiger partial charge on any atom is -0.456 e. The van der Waals surface area contributed by atoms with Gasteiger partial charge in [0.25, 0.3) is 0 Å². The highest BCUT2D eigenvalue weighted by molar-refractivity contribution is 6.13. The summed E-state index contributed by atoms with van der Waals surface area (Å²) in [5, 5.41) is -1.77. The first-order valence-corrected chi connectivity index (χ1v) is 12.7. The number of fused-ring (bicyclic) bond motifs is 6. The number of aromatic nitrogens is 4. The summed E-state index contributed by atoms with van der Waals surface area (Å²) >= 11 is 0. The minimum absolute atomic E-state index is 0.424. The number of para-hydroxylation sites is 2. The van der Waals surface area contributed by atoms with Crippen LogP contribution in [0.15, 0.2) is 149 Å². The monoisotopic (exact) mass is 588 g/mol. The highest BCUT2D eigenvalue weighted by atomic mass is 16.3. The number of furan rings is 1. The van der Waals surface area contributed by atoms with Crippen LogP contribution in [0.25, 0.3) is 83.6 Å². The second-order valence-electron chi connectivity index (χ2n) is 9.08. The van der Waals surface area contributed by atoms with Crippen molar-refractivity contribution < 1.29 is 37.3 Å². The summed E-state index contributed by atoms with van der Waals surface area (Å²) in [6, 6.07) is -19.8. The van der Waals surface area contributed by atoms with Gasteiger partial charge in [0.1, 0.15) is 11.2 Å². The molecule has 0 aliphatic rings. The molecule has 0 atom stereocenters. The molecular weight excluding hydrogens is 540 g/mol. The molecule has 3 heterocycles. The molecule has 0 amide bonds. The van der Waals surface area contributed by atoms with Crippen molar-refractivity contribution in [3.05, 3.63) is 145 Å². The molecule has 0 saturated carbocycles. The first-order chi connectivity index (χ1) is 31.8. The van der Waals surface area contributed by atoms with Gasteiger partial charge in [0.15, 0.2) is 11.6 Å². The van der Waals surface area contributed by atoms with Gasteiger partial charge in [-0.15, -0.1) is 0 Å². The molecule has 9 aromatic rings. The quantitative estimate of drug-likeness (QED) is 0.205. The molecule has 5 heteroatoms. The Morgan fingerprint density at radius 3 is 1.80 bits per heavy atom. The van der Waals surface area contributed by atoms with Crippen molar-refractivity contribution in [2.45, 2.75) is 0 Å². The number of rotatable bonds is 4. The normalized spacial score (nSPS) is 19.3. The fraction of sp³-hybridized carbons (Fsp3) is 0. The Kier molecular flexibility index (Phi) is 2.34. The van der Waals surface area contributed by atoms with E-state index in [4.69, 9.17) is 33.2 Å². The lowest BCUT2D eigenvalue weighted by Gasteiger charge is -2.11. The van der Waals surface area contributed by atoms with Gasteiger partial charge in [0.2, 0.25) is 5.95 Å². The van der Waals surface area contributed by atoms with Crippen molar-refractivity contribution in [3.63, 3.8) is 0 Å². The SMILES string of the molecule is [2H]c1c([2H])c([2H])c(-c2nc(-c3c([2H])c([2H])c4c(oc5c([2H])c([2H])c([2H])c(-c6c([2H])c([2H])c([2H])c([2H])c6[2H])c54)c3[2H])nc(-n3c4c([2H])c([2H])c([2H])c([2H])c4c4c([2H])c([2H])c([2H])c([2H])c43)n2)c([2H])c1[2H]. The molecule has 6 aromatic carbocycles. The predicted molar refractivity (Wildman–Crippen MR) is 178 cm³/mol. The van der Waals surface area contributed by atoms with Gasteiger partial charge in [0.05, 0.1) is 43.9 Å². The molecule has 3 aromatic heterocycles. The van der Waals surface area contributed by atoms with Crippen LogP contribution in [0.1, 0.15) is 32.9 Å².